The maximum absolute atomic E-state index is 13.9. The van der Waals surface area contributed by atoms with Gasteiger partial charge in [-0.05, 0) is 49.5 Å². The first-order chi connectivity index (χ1) is 8.83. The van der Waals surface area contributed by atoms with E-state index in [1.807, 2.05) is 0 Å². The third-order valence-corrected chi connectivity index (χ3v) is 4.55. The lowest BCUT2D eigenvalue weighted by Gasteiger charge is -2.31. The summed E-state index contributed by atoms with van der Waals surface area (Å²) in [6.07, 6.45) is 7.03. The Hall–Kier alpha value is -0.960. The summed E-state index contributed by atoms with van der Waals surface area (Å²) in [5, 5.41) is 10.8. The molecule has 0 amide bonds. The Morgan fingerprint density at radius 2 is 2.05 bits per heavy atom. The van der Waals surface area contributed by atoms with E-state index in [0.717, 1.165) is 19.3 Å². The molecule has 106 valence electrons. The summed E-state index contributed by atoms with van der Waals surface area (Å²) in [4.78, 5) is 3.76. The van der Waals surface area contributed by atoms with Crippen molar-refractivity contribution in [3.8, 4) is 0 Å². The summed E-state index contributed by atoms with van der Waals surface area (Å²) in [5.41, 5.74) is -0.355. The molecule has 1 aliphatic rings. The molecule has 2 rings (SSSR count). The standard InChI is InChI=1S/C16H24FNO/c1-15(2,3)12-5-4-8-16(19,9-6-12)13-7-10-18-11-14(13)17/h7,10-12,19H,4-6,8-9H2,1-3H3. The number of hydrogen-bond donors (Lipinski definition) is 1. The zero-order chi connectivity index (χ0) is 14.1. The molecule has 2 unspecified atom stereocenters. The van der Waals surface area contributed by atoms with Gasteiger partial charge in [-0.1, -0.05) is 20.8 Å². The van der Waals surface area contributed by atoms with Crippen molar-refractivity contribution in [3.05, 3.63) is 29.8 Å². The largest absolute Gasteiger partial charge is 0.385 e. The molecular formula is C16H24FNO. The van der Waals surface area contributed by atoms with Crippen molar-refractivity contribution in [2.75, 3.05) is 0 Å². The molecule has 0 aromatic carbocycles. The highest BCUT2D eigenvalue weighted by Crippen LogP contribution is 2.43. The fourth-order valence-electron chi connectivity index (χ4n) is 3.21. The van der Waals surface area contributed by atoms with Crippen LogP contribution in [0.1, 0.15) is 58.4 Å². The molecule has 0 bridgehead atoms. The molecule has 1 aromatic heterocycles. The zero-order valence-corrected chi connectivity index (χ0v) is 12.1. The highest BCUT2D eigenvalue weighted by atomic mass is 19.1. The Balaban J connectivity index is 2.20. The molecule has 1 aliphatic carbocycles. The van der Waals surface area contributed by atoms with Crippen molar-refractivity contribution in [1.29, 1.82) is 0 Å². The molecule has 1 fully saturated rings. The maximum atomic E-state index is 13.9. The summed E-state index contributed by atoms with van der Waals surface area (Å²) in [5.74, 6) is 0.200. The van der Waals surface area contributed by atoms with Gasteiger partial charge in [-0.15, -0.1) is 0 Å². The average molecular weight is 265 g/mol. The van der Waals surface area contributed by atoms with Crippen LogP contribution in [0.15, 0.2) is 18.5 Å². The van der Waals surface area contributed by atoms with Crippen LogP contribution < -0.4 is 0 Å². The van der Waals surface area contributed by atoms with E-state index in [2.05, 4.69) is 25.8 Å². The summed E-state index contributed by atoms with van der Waals surface area (Å²) in [6, 6.07) is 1.62. The number of nitrogens with zero attached hydrogens (tertiary/aromatic N) is 1. The van der Waals surface area contributed by atoms with Crippen molar-refractivity contribution < 1.29 is 9.50 Å². The summed E-state index contributed by atoms with van der Waals surface area (Å²) in [7, 11) is 0. The van der Waals surface area contributed by atoms with Gasteiger partial charge in [0, 0.05) is 11.8 Å². The second-order valence-corrected chi connectivity index (χ2v) is 6.88. The van der Waals surface area contributed by atoms with E-state index < -0.39 is 5.60 Å². The minimum atomic E-state index is -1.02. The predicted molar refractivity (Wildman–Crippen MR) is 74.1 cm³/mol. The third kappa shape index (κ3) is 3.14. The lowest BCUT2D eigenvalue weighted by Crippen LogP contribution is -2.27. The second kappa shape index (κ2) is 5.20. The third-order valence-electron chi connectivity index (χ3n) is 4.55. The molecule has 1 aromatic rings. The lowest BCUT2D eigenvalue weighted by atomic mass is 9.76. The SMILES string of the molecule is CC(C)(C)C1CCCC(O)(c2ccncc2F)CC1. The first kappa shape index (κ1) is 14.4. The van der Waals surface area contributed by atoms with Crippen molar-refractivity contribution >= 4 is 0 Å². The molecule has 1 N–H and O–H groups in total. The van der Waals surface area contributed by atoms with Crippen LogP contribution in [0.3, 0.4) is 0 Å². The van der Waals surface area contributed by atoms with E-state index in [9.17, 15) is 9.50 Å². The van der Waals surface area contributed by atoms with Crippen LogP contribution >= 0.6 is 0 Å². The van der Waals surface area contributed by atoms with Gasteiger partial charge < -0.3 is 5.11 Å². The Morgan fingerprint density at radius 1 is 1.32 bits per heavy atom. The Bertz CT molecular complexity index is 441. The van der Waals surface area contributed by atoms with Gasteiger partial charge in [-0.25, -0.2) is 4.39 Å². The van der Waals surface area contributed by atoms with Crippen LogP contribution in [0, 0.1) is 17.2 Å². The Kier molecular flexibility index (Phi) is 3.95. The van der Waals surface area contributed by atoms with Crippen LogP contribution in [0.25, 0.3) is 0 Å². The first-order valence-electron chi connectivity index (χ1n) is 7.15. The van der Waals surface area contributed by atoms with Crippen molar-refractivity contribution in [1.82, 2.24) is 4.98 Å². The minimum absolute atomic E-state index is 0.252. The van der Waals surface area contributed by atoms with Gasteiger partial charge in [0.15, 0.2) is 0 Å². The van der Waals surface area contributed by atoms with Crippen LogP contribution in [0.4, 0.5) is 4.39 Å². The van der Waals surface area contributed by atoms with Gasteiger partial charge >= 0.3 is 0 Å². The van der Waals surface area contributed by atoms with Gasteiger partial charge in [0.2, 0.25) is 0 Å². The molecule has 3 heteroatoms. The monoisotopic (exact) mass is 265 g/mol. The van der Waals surface area contributed by atoms with E-state index in [0.29, 0.717) is 24.3 Å². The Labute approximate surface area is 115 Å². The lowest BCUT2D eigenvalue weighted by molar-refractivity contribution is 0.0145. The number of hydrogen-bond acceptors (Lipinski definition) is 2. The Morgan fingerprint density at radius 3 is 2.68 bits per heavy atom. The van der Waals surface area contributed by atoms with E-state index in [-0.39, 0.29) is 11.2 Å². The van der Waals surface area contributed by atoms with E-state index in [1.165, 1.54) is 6.20 Å². The normalized spacial score (nSPS) is 29.0. The number of aromatic nitrogens is 1. The van der Waals surface area contributed by atoms with Gasteiger partial charge in [-0.2, -0.15) is 0 Å². The minimum Gasteiger partial charge on any atom is -0.385 e. The van der Waals surface area contributed by atoms with E-state index >= 15 is 0 Å². The number of pyridine rings is 1. The highest BCUT2D eigenvalue weighted by molar-refractivity contribution is 5.21. The van der Waals surface area contributed by atoms with E-state index in [4.69, 9.17) is 0 Å². The van der Waals surface area contributed by atoms with Crippen LogP contribution in [-0.4, -0.2) is 10.1 Å². The molecule has 0 spiro atoms. The first-order valence-corrected chi connectivity index (χ1v) is 7.15. The van der Waals surface area contributed by atoms with Gasteiger partial charge in [0.25, 0.3) is 0 Å². The van der Waals surface area contributed by atoms with Gasteiger partial charge in [0.1, 0.15) is 5.82 Å². The topological polar surface area (TPSA) is 33.1 Å². The zero-order valence-electron chi connectivity index (χ0n) is 12.1. The van der Waals surface area contributed by atoms with E-state index in [1.54, 1.807) is 12.3 Å². The summed E-state index contributed by atoms with van der Waals surface area (Å²) >= 11 is 0. The molecule has 0 saturated heterocycles. The highest BCUT2D eigenvalue weighted by Gasteiger charge is 2.37. The van der Waals surface area contributed by atoms with Crippen LogP contribution in [-0.2, 0) is 5.60 Å². The van der Waals surface area contributed by atoms with Crippen LogP contribution in [0.5, 0.6) is 0 Å². The van der Waals surface area contributed by atoms with Gasteiger partial charge in [0.05, 0.1) is 11.8 Å². The second-order valence-electron chi connectivity index (χ2n) is 6.88. The number of aliphatic hydroxyl groups is 1. The molecule has 2 nitrogen and oxygen atoms in total. The van der Waals surface area contributed by atoms with Crippen molar-refractivity contribution in [2.45, 2.75) is 58.5 Å². The average Bonchev–Trinajstić information content (AvgIpc) is 2.52. The molecule has 0 aliphatic heterocycles. The van der Waals surface area contributed by atoms with Gasteiger partial charge in [-0.3, -0.25) is 4.98 Å². The quantitative estimate of drug-likeness (QED) is 0.777. The number of rotatable bonds is 1. The predicted octanol–water partition coefficient (Wildman–Crippen LogP) is 4.03. The fraction of sp³-hybridized carbons (Fsp3) is 0.688. The van der Waals surface area contributed by atoms with Crippen molar-refractivity contribution in [3.63, 3.8) is 0 Å². The molecule has 1 saturated carbocycles. The smallest absolute Gasteiger partial charge is 0.147 e. The van der Waals surface area contributed by atoms with Crippen LogP contribution in [0.2, 0.25) is 0 Å². The maximum Gasteiger partial charge on any atom is 0.147 e. The molecular weight excluding hydrogens is 241 g/mol. The number of halogens is 1. The molecule has 1 heterocycles. The van der Waals surface area contributed by atoms with Crippen molar-refractivity contribution in [2.24, 2.45) is 11.3 Å². The molecule has 0 radical (unpaired) electrons. The summed E-state index contributed by atoms with van der Waals surface area (Å²) in [6.45, 7) is 6.74. The fourth-order valence-corrected chi connectivity index (χ4v) is 3.21. The molecule has 2 atom stereocenters. The molecule has 19 heavy (non-hydrogen) atoms. The summed E-state index contributed by atoms with van der Waals surface area (Å²) < 4.78 is 13.9.